The molecule has 0 aliphatic rings. The van der Waals surface area contributed by atoms with Gasteiger partial charge in [-0.05, 0) is 12.0 Å². The van der Waals surface area contributed by atoms with Gasteiger partial charge in [0.2, 0.25) is 0 Å². The topological polar surface area (TPSA) is 63.1 Å². The summed E-state index contributed by atoms with van der Waals surface area (Å²) in [6.45, 7) is 1.87. The van der Waals surface area contributed by atoms with Gasteiger partial charge >= 0.3 is 5.97 Å². The van der Waals surface area contributed by atoms with Gasteiger partial charge in [0.15, 0.2) is 0 Å². The van der Waals surface area contributed by atoms with E-state index in [1.807, 2.05) is 37.3 Å². The molecule has 0 fully saturated rings. The molecule has 0 radical (unpaired) electrons. The molecule has 112 valence electrons. The Morgan fingerprint density at radius 2 is 2.09 bits per heavy atom. The molecule has 2 aromatic heterocycles. The lowest BCUT2D eigenvalue weighted by atomic mass is 10.1. The highest BCUT2D eigenvalue weighted by Gasteiger charge is 2.21. The minimum absolute atomic E-state index is 0.498. The van der Waals surface area contributed by atoms with Crippen LogP contribution >= 0.6 is 23.1 Å². The zero-order chi connectivity index (χ0) is 15.5. The molecule has 3 rings (SSSR count). The lowest BCUT2D eigenvalue weighted by Crippen LogP contribution is -2.15. The number of carboxylic acid groups (broad SMARTS) is 1. The Hall–Kier alpha value is -1.92. The predicted molar refractivity (Wildman–Crippen MR) is 90.4 cm³/mol. The van der Waals surface area contributed by atoms with Crippen molar-refractivity contribution < 1.29 is 9.90 Å². The summed E-state index contributed by atoms with van der Waals surface area (Å²) in [4.78, 5) is 20.8. The molecule has 0 aliphatic carbocycles. The third-order valence-corrected chi connectivity index (χ3v) is 5.56. The van der Waals surface area contributed by atoms with Gasteiger partial charge in [-0.25, -0.2) is 9.97 Å². The molecule has 0 aliphatic heterocycles. The maximum absolute atomic E-state index is 11.3. The quantitative estimate of drug-likeness (QED) is 0.558. The van der Waals surface area contributed by atoms with E-state index in [1.165, 1.54) is 18.1 Å². The van der Waals surface area contributed by atoms with E-state index in [-0.39, 0.29) is 0 Å². The number of hydrogen-bond donors (Lipinski definition) is 1. The third-order valence-electron chi connectivity index (χ3n) is 3.32. The van der Waals surface area contributed by atoms with E-state index in [9.17, 15) is 9.90 Å². The molecule has 1 atom stereocenters. The fourth-order valence-electron chi connectivity index (χ4n) is 2.21. The summed E-state index contributed by atoms with van der Waals surface area (Å²) < 4.78 is 0. The van der Waals surface area contributed by atoms with Crippen molar-refractivity contribution in [2.45, 2.75) is 23.6 Å². The average Bonchev–Trinajstić information content (AvgIpc) is 2.98. The van der Waals surface area contributed by atoms with Crippen molar-refractivity contribution in [2.24, 2.45) is 0 Å². The Bertz CT molecular complexity index is 802. The first-order valence-electron chi connectivity index (χ1n) is 6.87. The first-order valence-corrected chi connectivity index (χ1v) is 8.63. The fraction of sp³-hybridized carbons (Fsp3) is 0.188. The first kappa shape index (κ1) is 15.0. The molecule has 0 saturated carbocycles. The molecule has 1 N–H and O–H groups in total. The largest absolute Gasteiger partial charge is 0.480 e. The van der Waals surface area contributed by atoms with Crippen LogP contribution in [-0.4, -0.2) is 26.3 Å². The number of benzene rings is 1. The van der Waals surface area contributed by atoms with E-state index >= 15 is 0 Å². The number of carboxylic acids is 1. The number of fused-ring (bicyclic) bond motifs is 1. The summed E-state index contributed by atoms with van der Waals surface area (Å²) >= 11 is 2.85. The van der Waals surface area contributed by atoms with Gasteiger partial charge in [-0.1, -0.05) is 49.0 Å². The molecular formula is C16H14N2O2S2. The molecule has 0 saturated heterocycles. The van der Waals surface area contributed by atoms with Crippen LogP contribution in [0, 0.1) is 0 Å². The third kappa shape index (κ3) is 2.84. The summed E-state index contributed by atoms with van der Waals surface area (Å²) in [6.07, 6.45) is 2.06. The first-order chi connectivity index (χ1) is 10.7. The number of thiophene rings is 1. The van der Waals surface area contributed by atoms with Crippen molar-refractivity contribution in [1.29, 1.82) is 0 Å². The van der Waals surface area contributed by atoms with Crippen LogP contribution in [0.4, 0.5) is 0 Å². The summed E-state index contributed by atoms with van der Waals surface area (Å²) in [5.74, 6) is -0.809. The minimum Gasteiger partial charge on any atom is -0.480 e. The molecule has 4 nitrogen and oxygen atoms in total. The predicted octanol–water partition coefficient (Wildman–Crippen LogP) is 4.31. The number of nitrogens with zero attached hydrogens (tertiary/aromatic N) is 2. The lowest BCUT2D eigenvalue weighted by Gasteiger charge is -2.10. The van der Waals surface area contributed by atoms with Crippen molar-refractivity contribution in [2.75, 3.05) is 0 Å². The van der Waals surface area contributed by atoms with Gasteiger partial charge in [0.25, 0.3) is 0 Å². The van der Waals surface area contributed by atoms with Crippen LogP contribution in [0.5, 0.6) is 0 Å². The second-order valence-corrected chi connectivity index (χ2v) is 6.78. The van der Waals surface area contributed by atoms with Crippen LogP contribution in [0.1, 0.15) is 13.3 Å². The Kier molecular flexibility index (Phi) is 4.40. The van der Waals surface area contributed by atoms with Crippen LogP contribution in [0.25, 0.3) is 21.3 Å². The van der Waals surface area contributed by atoms with Gasteiger partial charge in [0.1, 0.15) is 21.4 Å². The minimum atomic E-state index is -0.809. The molecule has 6 heteroatoms. The van der Waals surface area contributed by atoms with E-state index in [4.69, 9.17) is 0 Å². The molecule has 22 heavy (non-hydrogen) atoms. The average molecular weight is 330 g/mol. The van der Waals surface area contributed by atoms with Crippen molar-refractivity contribution in [3.63, 3.8) is 0 Å². The van der Waals surface area contributed by atoms with Crippen LogP contribution < -0.4 is 0 Å². The van der Waals surface area contributed by atoms with Crippen LogP contribution in [0.3, 0.4) is 0 Å². The monoisotopic (exact) mass is 330 g/mol. The van der Waals surface area contributed by atoms with Gasteiger partial charge in [-0.15, -0.1) is 11.3 Å². The SMILES string of the molecule is CC[C@@H](Sc1ncnc2scc(-c3ccccc3)c12)C(=O)O. The zero-order valence-corrected chi connectivity index (χ0v) is 13.5. The lowest BCUT2D eigenvalue weighted by molar-refractivity contribution is -0.136. The molecule has 1 aromatic carbocycles. The van der Waals surface area contributed by atoms with E-state index in [2.05, 4.69) is 15.3 Å². The van der Waals surface area contributed by atoms with Crippen molar-refractivity contribution >= 4 is 39.3 Å². The molecule has 0 bridgehead atoms. The van der Waals surface area contributed by atoms with Crippen molar-refractivity contribution in [1.82, 2.24) is 9.97 Å². The highest BCUT2D eigenvalue weighted by molar-refractivity contribution is 8.00. The smallest absolute Gasteiger partial charge is 0.317 e. The van der Waals surface area contributed by atoms with Gasteiger partial charge in [-0.3, -0.25) is 4.79 Å². The molecule has 2 heterocycles. The molecule has 3 aromatic rings. The number of thioether (sulfide) groups is 1. The highest BCUT2D eigenvalue weighted by atomic mass is 32.2. The maximum Gasteiger partial charge on any atom is 0.317 e. The van der Waals surface area contributed by atoms with Crippen LogP contribution in [0.15, 0.2) is 47.1 Å². The molecule has 0 spiro atoms. The number of hydrogen-bond acceptors (Lipinski definition) is 5. The normalized spacial score (nSPS) is 12.4. The molecule has 0 unspecified atom stereocenters. The Balaban J connectivity index is 2.11. The van der Waals surface area contributed by atoms with Crippen molar-refractivity contribution in [3.8, 4) is 11.1 Å². The Morgan fingerprint density at radius 1 is 1.32 bits per heavy atom. The van der Waals surface area contributed by atoms with Gasteiger partial charge in [-0.2, -0.15) is 0 Å². The zero-order valence-electron chi connectivity index (χ0n) is 11.9. The summed E-state index contributed by atoms with van der Waals surface area (Å²) in [5, 5.41) is 12.5. The number of rotatable bonds is 5. The maximum atomic E-state index is 11.3. The van der Waals surface area contributed by atoms with E-state index in [0.29, 0.717) is 6.42 Å². The summed E-state index contributed by atoms with van der Waals surface area (Å²) in [7, 11) is 0. The second-order valence-electron chi connectivity index (χ2n) is 4.73. The molecule has 0 amide bonds. The van der Waals surface area contributed by atoms with E-state index in [0.717, 1.165) is 26.4 Å². The van der Waals surface area contributed by atoms with Gasteiger partial charge < -0.3 is 5.11 Å². The van der Waals surface area contributed by atoms with Gasteiger partial charge in [0.05, 0.1) is 5.39 Å². The van der Waals surface area contributed by atoms with Crippen LogP contribution in [0.2, 0.25) is 0 Å². The standard InChI is InChI=1S/C16H14N2O2S2/c1-2-12(16(19)20)22-15-13-11(10-6-4-3-5-7-10)8-21-14(13)17-9-18-15/h3-9,12H,2H2,1H3,(H,19,20)/t12-/m1/s1. The van der Waals surface area contributed by atoms with Crippen molar-refractivity contribution in [3.05, 3.63) is 42.0 Å². The van der Waals surface area contributed by atoms with Gasteiger partial charge in [0, 0.05) is 10.9 Å². The van der Waals surface area contributed by atoms with Crippen LogP contribution in [-0.2, 0) is 4.79 Å². The fourth-order valence-corrected chi connectivity index (χ4v) is 4.16. The highest BCUT2D eigenvalue weighted by Crippen LogP contribution is 2.39. The summed E-state index contributed by atoms with van der Waals surface area (Å²) in [5.41, 5.74) is 2.15. The number of aromatic nitrogens is 2. The van der Waals surface area contributed by atoms with E-state index in [1.54, 1.807) is 11.3 Å². The summed E-state index contributed by atoms with van der Waals surface area (Å²) in [6, 6.07) is 10.0. The second kappa shape index (κ2) is 6.46. The number of carbonyl (C=O) groups is 1. The Morgan fingerprint density at radius 3 is 2.77 bits per heavy atom. The number of aliphatic carboxylic acids is 1. The van der Waals surface area contributed by atoms with E-state index < -0.39 is 11.2 Å². The Labute approximate surface area is 136 Å². The molecular weight excluding hydrogens is 316 g/mol.